The minimum atomic E-state index is 0.184. The van der Waals surface area contributed by atoms with Crippen molar-refractivity contribution in [2.75, 3.05) is 20.6 Å². The molecule has 0 spiro atoms. The van der Waals surface area contributed by atoms with Crippen molar-refractivity contribution in [3.05, 3.63) is 16.4 Å². The molecule has 1 atom stereocenters. The topological polar surface area (TPSA) is 33.1 Å². The van der Waals surface area contributed by atoms with Gasteiger partial charge in [-0.05, 0) is 55.8 Å². The molecule has 5 heteroatoms. The van der Waals surface area contributed by atoms with E-state index in [2.05, 4.69) is 52.3 Å². The third-order valence-corrected chi connectivity index (χ3v) is 5.57. The molecule has 1 aliphatic carbocycles. The summed E-state index contributed by atoms with van der Waals surface area (Å²) in [7, 11) is 6.51. The molecule has 4 nitrogen and oxygen atoms in total. The zero-order valence-corrected chi connectivity index (χ0v) is 15.4. The molecule has 0 amide bonds. The lowest BCUT2D eigenvalue weighted by Crippen LogP contribution is -2.55. The van der Waals surface area contributed by atoms with Gasteiger partial charge in [0.15, 0.2) is 0 Å². The van der Waals surface area contributed by atoms with Crippen LogP contribution in [0.2, 0.25) is 0 Å². The molecule has 120 valence electrons. The number of nitrogens with zero attached hydrogens (tertiary/aromatic N) is 3. The maximum Gasteiger partial charge on any atom is 0.0711 e. The van der Waals surface area contributed by atoms with E-state index in [-0.39, 0.29) is 5.54 Å². The van der Waals surface area contributed by atoms with Crippen molar-refractivity contribution in [3.63, 3.8) is 0 Å². The van der Waals surface area contributed by atoms with E-state index in [1.165, 1.54) is 37.8 Å². The molecule has 0 bridgehead atoms. The Morgan fingerprint density at radius 2 is 2.05 bits per heavy atom. The summed E-state index contributed by atoms with van der Waals surface area (Å²) in [6.07, 6.45) is 9.56. The van der Waals surface area contributed by atoms with Crippen molar-refractivity contribution in [2.24, 2.45) is 7.05 Å². The van der Waals surface area contributed by atoms with Gasteiger partial charge in [-0.3, -0.25) is 4.68 Å². The van der Waals surface area contributed by atoms with Crippen molar-refractivity contribution in [2.45, 2.75) is 57.0 Å². The van der Waals surface area contributed by atoms with E-state index in [0.717, 1.165) is 17.4 Å². The van der Waals surface area contributed by atoms with Crippen LogP contribution in [-0.4, -0.2) is 40.9 Å². The van der Waals surface area contributed by atoms with Crippen LogP contribution in [0, 0.1) is 0 Å². The lowest BCUT2D eigenvalue weighted by Gasteiger charge is -2.49. The van der Waals surface area contributed by atoms with Crippen molar-refractivity contribution in [3.8, 4) is 0 Å². The molecule has 21 heavy (non-hydrogen) atoms. The van der Waals surface area contributed by atoms with E-state index in [4.69, 9.17) is 0 Å². The maximum atomic E-state index is 4.44. The van der Waals surface area contributed by atoms with Crippen LogP contribution in [0.3, 0.4) is 0 Å². The Balaban J connectivity index is 2.42. The monoisotopic (exact) mass is 356 g/mol. The van der Waals surface area contributed by atoms with Crippen LogP contribution in [-0.2, 0) is 7.05 Å². The Morgan fingerprint density at radius 3 is 2.52 bits per heavy atom. The van der Waals surface area contributed by atoms with Gasteiger partial charge in [-0.2, -0.15) is 5.10 Å². The Labute approximate surface area is 137 Å². The Morgan fingerprint density at radius 1 is 1.38 bits per heavy atom. The molecule has 1 aromatic heterocycles. The normalized spacial score (nSPS) is 19.9. The molecule has 0 saturated heterocycles. The number of aryl methyl sites for hydroxylation is 1. The highest BCUT2D eigenvalue weighted by Gasteiger charge is 2.44. The van der Waals surface area contributed by atoms with Gasteiger partial charge < -0.3 is 10.2 Å². The summed E-state index contributed by atoms with van der Waals surface area (Å²) in [5.74, 6) is 0. The predicted molar refractivity (Wildman–Crippen MR) is 91.4 cm³/mol. The van der Waals surface area contributed by atoms with Gasteiger partial charge in [0, 0.05) is 12.6 Å². The van der Waals surface area contributed by atoms with Gasteiger partial charge in [-0.15, -0.1) is 0 Å². The van der Waals surface area contributed by atoms with Crippen LogP contribution in [0.1, 0.15) is 57.2 Å². The molecular weight excluding hydrogens is 328 g/mol. The van der Waals surface area contributed by atoms with Crippen molar-refractivity contribution in [1.29, 1.82) is 0 Å². The average molecular weight is 357 g/mol. The van der Waals surface area contributed by atoms with Crippen molar-refractivity contribution < 1.29 is 0 Å². The molecule has 1 heterocycles. The summed E-state index contributed by atoms with van der Waals surface area (Å²) in [5, 5.41) is 8.25. The quantitative estimate of drug-likeness (QED) is 0.846. The third-order valence-electron chi connectivity index (χ3n) is 4.96. The molecule has 1 unspecified atom stereocenters. The standard InChI is InChI=1S/C16H29BrN4/c1-5-11-18-15(14-13(17)12-19-21(14)4)16(20(2)3)9-7-6-8-10-16/h12,15,18H,5-11H2,1-4H3. The smallest absolute Gasteiger partial charge is 0.0711 e. The van der Waals surface area contributed by atoms with Gasteiger partial charge in [-0.25, -0.2) is 0 Å². The summed E-state index contributed by atoms with van der Waals surface area (Å²) in [4.78, 5) is 2.44. The molecule has 1 aliphatic rings. The van der Waals surface area contributed by atoms with Gasteiger partial charge in [0.2, 0.25) is 0 Å². The van der Waals surface area contributed by atoms with E-state index in [1.807, 2.05) is 17.9 Å². The summed E-state index contributed by atoms with van der Waals surface area (Å²) < 4.78 is 3.14. The SMILES string of the molecule is CCCNC(c1c(Br)cnn1C)C1(N(C)C)CCCCC1. The number of nitrogens with one attached hydrogen (secondary N) is 1. The number of aromatic nitrogens is 2. The van der Waals surface area contributed by atoms with Crippen molar-refractivity contribution in [1.82, 2.24) is 20.0 Å². The van der Waals surface area contributed by atoms with Crippen LogP contribution in [0.4, 0.5) is 0 Å². The molecule has 1 fully saturated rings. The van der Waals surface area contributed by atoms with Crippen molar-refractivity contribution >= 4 is 15.9 Å². The predicted octanol–water partition coefficient (Wildman–Crippen LogP) is 3.49. The molecule has 0 aliphatic heterocycles. The molecule has 0 aromatic carbocycles. The fourth-order valence-corrected chi connectivity index (χ4v) is 4.31. The van der Waals surface area contributed by atoms with E-state index in [9.17, 15) is 0 Å². The van der Waals surface area contributed by atoms with Crippen LogP contribution in [0.25, 0.3) is 0 Å². The Hall–Kier alpha value is -0.390. The molecule has 1 aromatic rings. The summed E-state index contributed by atoms with van der Waals surface area (Å²) >= 11 is 3.71. The fourth-order valence-electron chi connectivity index (χ4n) is 3.73. The second-order valence-corrected chi connectivity index (χ2v) is 7.30. The molecule has 1 N–H and O–H groups in total. The zero-order valence-electron chi connectivity index (χ0n) is 13.8. The second kappa shape index (κ2) is 7.25. The van der Waals surface area contributed by atoms with E-state index in [0.29, 0.717) is 6.04 Å². The van der Waals surface area contributed by atoms with Gasteiger partial charge in [0.05, 0.1) is 22.4 Å². The number of halogens is 1. The highest BCUT2D eigenvalue weighted by atomic mass is 79.9. The third kappa shape index (κ3) is 3.35. The first-order chi connectivity index (χ1) is 10.0. The highest BCUT2D eigenvalue weighted by Crippen LogP contribution is 2.43. The second-order valence-electron chi connectivity index (χ2n) is 6.45. The molecule has 0 radical (unpaired) electrons. The van der Waals surface area contributed by atoms with Gasteiger partial charge >= 0.3 is 0 Å². The van der Waals surface area contributed by atoms with Crippen LogP contribution in [0.5, 0.6) is 0 Å². The fraction of sp³-hybridized carbons (Fsp3) is 0.812. The summed E-state index contributed by atoms with van der Waals surface area (Å²) in [6, 6.07) is 0.314. The largest absolute Gasteiger partial charge is 0.307 e. The average Bonchev–Trinajstić information content (AvgIpc) is 2.80. The Kier molecular flexibility index (Phi) is 5.86. The number of hydrogen-bond donors (Lipinski definition) is 1. The number of hydrogen-bond acceptors (Lipinski definition) is 3. The minimum Gasteiger partial charge on any atom is -0.307 e. The van der Waals surface area contributed by atoms with Gasteiger partial charge in [-0.1, -0.05) is 26.2 Å². The van der Waals surface area contributed by atoms with E-state index < -0.39 is 0 Å². The highest BCUT2D eigenvalue weighted by molar-refractivity contribution is 9.10. The summed E-state index contributed by atoms with van der Waals surface area (Å²) in [6.45, 7) is 3.27. The number of likely N-dealkylation sites (N-methyl/N-ethyl adjacent to an activating group) is 1. The van der Waals surface area contributed by atoms with Crippen LogP contribution >= 0.6 is 15.9 Å². The van der Waals surface area contributed by atoms with Crippen LogP contribution in [0.15, 0.2) is 10.7 Å². The first-order valence-corrected chi connectivity index (χ1v) is 8.90. The first kappa shape index (κ1) is 17.0. The van der Waals surface area contributed by atoms with E-state index in [1.54, 1.807) is 0 Å². The number of rotatable bonds is 6. The maximum absolute atomic E-state index is 4.44. The van der Waals surface area contributed by atoms with E-state index >= 15 is 0 Å². The summed E-state index contributed by atoms with van der Waals surface area (Å²) in [5.41, 5.74) is 1.46. The molecular formula is C16H29BrN4. The molecule has 1 saturated carbocycles. The van der Waals surface area contributed by atoms with Crippen LogP contribution < -0.4 is 5.32 Å². The minimum absolute atomic E-state index is 0.184. The van der Waals surface area contributed by atoms with Gasteiger partial charge in [0.1, 0.15) is 0 Å². The zero-order chi connectivity index (χ0) is 15.5. The molecule has 2 rings (SSSR count). The Bertz CT molecular complexity index is 430. The lowest BCUT2D eigenvalue weighted by molar-refractivity contribution is 0.0531. The first-order valence-electron chi connectivity index (χ1n) is 8.11. The van der Waals surface area contributed by atoms with Gasteiger partial charge in [0.25, 0.3) is 0 Å². The lowest BCUT2D eigenvalue weighted by atomic mass is 9.74.